The highest BCUT2D eigenvalue weighted by Gasteiger charge is 2.36. The molecular weight excluding hydrogens is 448 g/mol. The van der Waals surface area contributed by atoms with Gasteiger partial charge in [0, 0.05) is 6.07 Å². The van der Waals surface area contributed by atoms with E-state index >= 15 is 0 Å². The maximum Gasteiger partial charge on any atom is 0.347 e. The molecular formula is C24H16O10. The third-order valence-electron chi connectivity index (χ3n) is 5.00. The molecule has 3 aromatic rings. The van der Waals surface area contributed by atoms with E-state index in [1.54, 1.807) is 13.0 Å². The number of hydrogen-bond acceptors (Lipinski definition) is 9. The van der Waals surface area contributed by atoms with Crippen LogP contribution in [0.3, 0.4) is 0 Å². The predicted octanol–water partition coefficient (Wildman–Crippen LogP) is 3.21. The topological polar surface area (TPSA) is 157 Å². The normalized spacial score (nSPS) is 12.2. The van der Waals surface area contributed by atoms with Gasteiger partial charge in [0.05, 0.1) is 23.3 Å². The molecule has 0 spiro atoms. The number of carbonyl (C=O) groups is 4. The maximum atomic E-state index is 12.9. The second-order valence-corrected chi connectivity index (χ2v) is 7.28. The number of hydrogen-bond donors (Lipinski definition) is 3. The molecule has 0 saturated heterocycles. The third-order valence-corrected chi connectivity index (χ3v) is 5.00. The summed E-state index contributed by atoms with van der Waals surface area (Å²) in [6, 6.07) is 10.5. The van der Waals surface area contributed by atoms with Crippen molar-refractivity contribution < 1.29 is 48.7 Å². The van der Waals surface area contributed by atoms with E-state index < -0.39 is 30.5 Å². The van der Waals surface area contributed by atoms with Crippen LogP contribution in [-0.4, -0.2) is 39.2 Å². The zero-order valence-corrected chi connectivity index (χ0v) is 17.5. The van der Waals surface area contributed by atoms with Gasteiger partial charge in [-0.15, -0.1) is 0 Å². The van der Waals surface area contributed by atoms with Crippen LogP contribution in [-0.2, 0) is 11.3 Å². The van der Waals surface area contributed by atoms with Gasteiger partial charge >= 0.3 is 23.9 Å². The fraction of sp³-hybridized carbons (Fsp3) is 0.0833. The summed E-state index contributed by atoms with van der Waals surface area (Å²) >= 11 is 0. The predicted molar refractivity (Wildman–Crippen MR) is 113 cm³/mol. The lowest BCUT2D eigenvalue weighted by Gasteiger charge is -2.13. The smallest absolute Gasteiger partial charge is 0.347 e. The zero-order valence-electron chi connectivity index (χ0n) is 17.5. The number of rotatable bonds is 6. The molecule has 0 unspecified atom stereocenters. The molecule has 1 heterocycles. The van der Waals surface area contributed by atoms with Gasteiger partial charge in [0.1, 0.15) is 17.1 Å². The van der Waals surface area contributed by atoms with Crippen molar-refractivity contribution in [2.75, 3.05) is 0 Å². The number of aryl methyl sites for hydroxylation is 1. The summed E-state index contributed by atoms with van der Waals surface area (Å²) in [7, 11) is 0. The first-order valence-corrected chi connectivity index (χ1v) is 9.79. The SMILES string of the molecule is Cc1ccc(Oc2cc(OC(=O)c3c(CO)ccc4c3C(=O)OC4=O)ccc2C(=O)O)c(O)c1. The highest BCUT2D eigenvalue weighted by molar-refractivity contribution is 6.19. The van der Waals surface area contributed by atoms with E-state index in [2.05, 4.69) is 4.74 Å². The number of carboxylic acid groups (broad SMARTS) is 1. The molecule has 0 fully saturated rings. The molecule has 10 heteroatoms. The number of fused-ring (bicyclic) bond motifs is 1. The van der Waals surface area contributed by atoms with Gasteiger partial charge in [0.15, 0.2) is 11.5 Å². The fourth-order valence-corrected chi connectivity index (χ4v) is 3.40. The van der Waals surface area contributed by atoms with Gasteiger partial charge in [0.25, 0.3) is 0 Å². The number of cyclic esters (lactones) is 2. The molecule has 1 aliphatic heterocycles. The molecule has 0 amide bonds. The zero-order chi connectivity index (χ0) is 24.6. The number of esters is 3. The molecule has 0 aromatic heterocycles. The lowest BCUT2D eigenvalue weighted by Crippen LogP contribution is -2.17. The molecule has 3 aromatic carbocycles. The van der Waals surface area contributed by atoms with Crippen LogP contribution in [0.4, 0.5) is 0 Å². The first-order valence-electron chi connectivity index (χ1n) is 9.79. The van der Waals surface area contributed by atoms with Crippen LogP contribution in [0.1, 0.15) is 52.6 Å². The quantitative estimate of drug-likeness (QED) is 0.281. The van der Waals surface area contributed by atoms with Crippen LogP contribution in [0, 0.1) is 6.92 Å². The van der Waals surface area contributed by atoms with Gasteiger partial charge in [-0.25, -0.2) is 19.2 Å². The Morgan fingerprint density at radius 1 is 0.971 bits per heavy atom. The van der Waals surface area contributed by atoms with Crippen LogP contribution < -0.4 is 9.47 Å². The van der Waals surface area contributed by atoms with E-state index in [4.69, 9.17) is 9.47 Å². The number of aliphatic hydroxyl groups excluding tert-OH is 1. The number of carboxylic acids is 1. The summed E-state index contributed by atoms with van der Waals surface area (Å²) in [6.07, 6.45) is 0. The molecule has 0 bridgehead atoms. The number of aliphatic hydroxyl groups is 1. The summed E-state index contributed by atoms with van der Waals surface area (Å²) in [5, 5.41) is 29.2. The third kappa shape index (κ3) is 4.05. The van der Waals surface area contributed by atoms with Crippen molar-refractivity contribution in [3.8, 4) is 23.0 Å². The summed E-state index contributed by atoms with van der Waals surface area (Å²) in [4.78, 5) is 48.5. The van der Waals surface area contributed by atoms with Crippen molar-refractivity contribution in [3.05, 3.63) is 81.9 Å². The van der Waals surface area contributed by atoms with E-state index in [9.17, 15) is 34.5 Å². The van der Waals surface area contributed by atoms with Crippen molar-refractivity contribution in [2.45, 2.75) is 13.5 Å². The maximum absolute atomic E-state index is 12.9. The molecule has 10 nitrogen and oxygen atoms in total. The van der Waals surface area contributed by atoms with E-state index in [-0.39, 0.29) is 50.8 Å². The Kier molecular flexibility index (Phi) is 5.74. The van der Waals surface area contributed by atoms with Crippen LogP contribution in [0.15, 0.2) is 48.5 Å². The average molecular weight is 464 g/mol. The van der Waals surface area contributed by atoms with Gasteiger partial charge in [-0.05, 0) is 48.4 Å². The molecule has 0 aliphatic carbocycles. The van der Waals surface area contributed by atoms with Gasteiger partial charge in [0.2, 0.25) is 0 Å². The van der Waals surface area contributed by atoms with E-state index in [1.807, 2.05) is 0 Å². The fourth-order valence-electron chi connectivity index (χ4n) is 3.40. The van der Waals surface area contributed by atoms with Crippen molar-refractivity contribution in [3.63, 3.8) is 0 Å². The number of phenolic OH excluding ortho intramolecular Hbond substituents is 1. The Bertz CT molecular complexity index is 1370. The number of benzene rings is 3. The first-order chi connectivity index (χ1) is 16.2. The molecule has 0 saturated carbocycles. The Balaban J connectivity index is 1.71. The van der Waals surface area contributed by atoms with Crippen molar-refractivity contribution in [1.82, 2.24) is 0 Å². The average Bonchev–Trinajstić information content (AvgIpc) is 3.08. The highest BCUT2D eigenvalue weighted by atomic mass is 16.6. The largest absolute Gasteiger partial charge is 0.504 e. The Morgan fingerprint density at radius 3 is 2.41 bits per heavy atom. The van der Waals surface area contributed by atoms with E-state index in [0.717, 1.165) is 17.7 Å². The Labute approximate surface area is 191 Å². The summed E-state index contributed by atoms with van der Waals surface area (Å²) < 4.78 is 15.4. The number of aromatic carboxylic acids is 1. The van der Waals surface area contributed by atoms with Crippen LogP contribution >= 0.6 is 0 Å². The molecule has 172 valence electrons. The molecule has 34 heavy (non-hydrogen) atoms. The Morgan fingerprint density at radius 2 is 1.74 bits per heavy atom. The van der Waals surface area contributed by atoms with Gasteiger partial charge in [-0.1, -0.05) is 12.1 Å². The molecule has 0 radical (unpaired) electrons. The van der Waals surface area contributed by atoms with Crippen LogP contribution in [0.25, 0.3) is 0 Å². The summed E-state index contributed by atoms with van der Waals surface area (Å²) in [5.41, 5.74) is -0.321. The molecule has 0 atom stereocenters. The molecule has 3 N–H and O–H groups in total. The first kappa shape index (κ1) is 22.5. The molecule has 1 aliphatic rings. The number of carbonyl (C=O) groups excluding carboxylic acids is 3. The second kappa shape index (κ2) is 8.68. The minimum atomic E-state index is -1.33. The number of ether oxygens (including phenoxy) is 3. The lowest BCUT2D eigenvalue weighted by molar-refractivity contribution is 0.0439. The van der Waals surface area contributed by atoms with Gasteiger partial charge in [-0.2, -0.15) is 0 Å². The Hall–Kier alpha value is -4.70. The van der Waals surface area contributed by atoms with Crippen LogP contribution in [0.2, 0.25) is 0 Å². The van der Waals surface area contributed by atoms with Crippen molar-refractivity contribution >= 4 is 23.9 Å². The molecule has 4 rings (SSSR count). The van der Waals surface area contributed by atoms with E-state index in [1.165, 1.54) is 30.3 Å². The van der Waals surface area contributed by atoms with Gasteiger partial charge < -0.3 is 29.5 Å². The lowest BCUT2D eigenvalue weighted by atomic mass is 9.97. The monoisotopic (exact) mass is 464 g/mol. The van der Waals surface area contributed by atoms with Crippen molar-refractivity contribution in [2.24, 2.45) is 0 Å². The van der Waals surface area contributed by atoms with Gasteiger partial charge in [-0.3, -0.25) is 0 Å². The summed E-state index contributed by atoms with van der Waals surface area (Å²) in [5.74, 6) is -5.04. The number of aromatic hydroxyl groups is 1. The van der Waals surface area contributed by atoms with E-state index in [0.29, 0.717) is 0 Å². The second-order valence-electron chi connectivity index (χ2n) is 7.28. The minimum Gasteiger partial charge on any atom is -0.504 e. The standard InChI is InChI=1S/C24H16O10/c1-11-2-7-17(16(26)8-11)33-18-9-13(4-6-14(18)21(27)28)32-23(30)19-12(10-25)3-5-15-20(19)24(31)34-22(15)29/h2-9,25-26H,10H2,1H3,(H,27,28). The summed E-state index contributed by atoms with van der Waals surface area (Å²) in [6.45, 7) is 1.12. The highest BCUT2D eigenvalue weighted by Crippen LogP contribution is 2.35. The minimum absolute atomic E-state index is 0.0265. The number of phenols is 1. The van der Waals surface area contributed by atoms with Crippen LogP contribution in [0.5, 0.6) is 23.0 Å². The van der Waals surface area contributed by atoms with Crippen molar-refractivity contribution in [1.29, 1.82) is 0 Å².